The topological polar surface area (TPSA) is 41.7 Å². The molecule has 0 aliphatic carbocycles. The highest BCUT2D eigenvalue weighted by Gasteiger charge is 2.28. The van der Waals surface area contributed by atoms with E-state index < -0.39 is 0 Å². The van der Waals surface area contributed by atoms with Gasteiger partial charge in [0.05, 0.1) is 4.34 Å². The summed E-state index contributed by atoms with van der Waals surface area (Å²) in [5.41, 5.74) is 5.88. The summed E-state index contributed by atoms with van der Waals surface area (Å²) in [5, 5.41) is 1.98. The third-order valence-electron chi connectivity index (χ3n) is 4.25. The number of rotatable bonds is 11. The molecule has 1 aliphatic rings. The van der Waals surface area contributed by atoms with Crippen molar-refractivity contribution < 1.29 is 4.84 Å². The quantitative estimate of drug-likeness (QED) is 0.607. The van der Waals surface area contributed by atoms with E-state index in [0.29, 0.717) is 5.88 Å². The molecule has 0 saturated carbocycles. The van der Waals surface area contributed by atoms with Gasteiger partial charge in [-0.05, 0) is 51.0 Å². The minimum absolute atomic E-state index is 0.0854. The van der Waals surface area contributed by atoms with Crippen LogP contribution in [0.3, 0.4) is 0 Å². The van der Waals surface area contributed by atoms with Crippen LogP contribution in [-0.2, 0) is 4.84 Å². The van der Waals surface area contributed by atoms with Crippen LogP contribution in [-0.4, -0.2) is 36.1 Å². The summed E-state index contributed by atoms with van der Waals surface area (Å²) in [7, 11) is 0. The lowest BCUT2D eigenvalue weighted by atomic mass is 10.2. The van der Waals surface area contributed by atoms with Crippen LogP contribution in [0.2, 0.25) is 4.34 Å². The highest BCUT2D eigenvalue weighted by atomic mass is 35.5. The summed E-state index contributed by atoms with van der Waals surface area (Å²) >= 11 is 7.65. The second-order valence-electron chi connectivity index (χ2n) is 6.29. The number of hydrogen-bond donors (Lipinski definition) is 1. The first-order valence-corrected chi connectivity index (χ1v) is 10.2. The molecule has 0 radical (unpaired) electrons. The first-order chi connectivity index (χ1) is 11.6. The maximum absolute atomic E-state index is 6.07. The van der Waals surface area contributed by atoms with Gasteiger partial charge in [0.1, 0.15) is 6.04 Å². The van der Waals surface area contributed by atoms with Crippen LogP contribution in [0, 0.1) is 0 Å². The van der Waals surface area contributed by atoms with Gasteiger partial charge in [0.25, 0.3) is 0 Å². The standard InChI is InChI=1S/C18H30ClN3OS/c1-3-5-10-21(11-6-4-2)12-7-13-22-15(14-18(20)23-22)16-8-9-17(19)24-16/h8-9,14-15H,3-7,10-13,20H2,1-2H3. The molecule has 2 rings (SSSR count). The maximum atomic E-state index is 6.07. The zero-order valence-electron chi connectivity index (χ0n) is 14.8. The monoisotopic (exact) mass is 371 g/mol. The van der Waals surface area contributed by atoms with Gasteiger partial charge in [0, 0.05) is 17.5 Å². The molecule has 136 valence electrons. The van der Waals surface area contributed by atoms with Crippen LogP contribution >= 0.6 is 22.9 Å². The molecule has 1 aromatic heterocycles. The maximum Gasteiger partial charge on any atom is 0.207 e. The van der Waals surface area contributed by atoms with Gasteiger partial charge in [-0.3, -0.25) is 0 Å². The Balaban J connectivity index is 1.83. The second-order valence-corrected chi connectivity index (χ2v) is 8.04. The fraction of sp³-hybridized carbons (Fsp3) is 0.667. The molecule has 6 heteroatoms. The molecule has 1 unspecified atom stereocenters. The molecular formula is C18H30ClN3OS. The Labute approximate surface area is 155 Å². The molecule has 0 bridgehead atoms. The van der Waals surface area contributed by atoms with Crippen molar-refractivity contribution in [2.75, 3.05) is 26.2 Å². The van der Waals surface area contributed by atoms with E-state index in [9.17, 15) is 0 Å². The smallest absolute Gasteiger partial charge is 0.207 e. The molecule has 0 aromatic carbocycles. The minimum atomic E-state index is 0.0854. The Morgan fingerprint density at radius 3 is 2.42 bits per heavy atom. The Bertz CT molecular complexity index is 512. The predicted molar refractivity (Wildman–Crippen MR) is 103 cm³/mol. The van der Waals surface area contributed by atoms with Crippen molar-refractivity contribution in [3.8, 4) is 0 Å². The lowest BCUT2D eigenvalue weighted by Crippen LogP contribution is -2.31. The van der Waals surface area contributed by atoms with Gasteiger partial charge in [-0.1, -0.05) is 38.3 Å². The highest BCUT2D eigenvalue weighted by molar-refractivity contribution is 7.16. The van der Waals surface area contributed by atoms with Crippen molar-refractivity contribution in [2.24, 2.45) is 5.73 Å². The van der Waals surface area contributed by atoms with Gasteiger partial charge in [0.2, 0.25) is 5.88 Å². The molecule has 0 amide bonds. The Kier molecular flexibility index (Phi) is 8.39. The van der Waals surface area contributed by atoms with Crippen LogP contribution in [0.15, 0.2) is 24.1 Å². The van der Waals surface area contributed by atoms with E-state index in [0.717, 1.165) is 23.8 Å². The average molecular weight is 372 g/mol. The lowest BCUT2D eigenvalue weighted by Gasteiger charge is -2.25. The van der Waals surface area contributed by atoms with E-state index in [4.69, 9.17) is 22.2 Å². The third kappa shape index (κ3) is 5.96. The minimum Gasteiger partial charge on any atom is -0.388 e. The molecule has 2 heterocycles. The van der Waals surface area contributed by atoms with Gasteiger partial charge < -0.3 is 15.5 Å². The van der Waals surface area contributed by atoms with Gasteiger partial charge in [0.15, 0.2) is 0 Å². The Morgan fingerprint density at radius 1 is 1.17 bits per heavy atom. The molecule has 0 spiro atoms. The van der Waals surface area contributed by atoms with Gasteiger partial charge in [-0.15, -0.1) is 16.4 Å². The number of nitrogens with two attached hydrogens (primary N) is 1. The van der Waals surface area contributed by atoms with Crippen LogP contribution in [0.4, 0.5) is 0 Å². The highest BCUT2D eigenvalue weighted by Crippen LogP contribution is 2.35. The first-order valence-electron chi connectivity index (χ1n) is 9.03. The third-order valence-corrected chi connectivity index (χ3v) is 5.55. The SMILES string of the molecule is CCCCN(CCCC)CCCN1OC(N)=CC1c1ccc(Cl)s1. The number of nitrogens with zero attached hydrogens (tertiary/aromatic N) is 2. The number of halogens is 1. The summed E-state index contributed by atoms with van der Waals surface area (Å²) in [4.78, 5) is 9.45. The fourth-order valence-electron chi connectivity index (χ4n) is 2.91. The van der Waals surface area contributed by atoms with Crippen LogP contribution in [0.5, 0.6) is 0 Å². The average Bonchev–Trinajstić information content (AvgIpc) is 3.15. The van der Waals surface area contributed by atoms with E-state index in [-0.39, 0.29) is 6.04 Å². The Morgan fingerprint density at radius 2 is 1.83 bits per heavy atom. The Hall–Kier alpha value is -0.750. The molecule has 4 nitrogen and oxygen atoms in total. The van der Waals surface area contributed by atoms with Crippen molar-refractivity contribution in [1.29, 1.82) is 0 Å². The van der Waals surface area contributed by atoms with E-state index in [2.05, 4.69) is 24.8 Å². The molecule has 1 aromatic rings. The van der Waals surface area contributed by atoms with Crippen molar-refractivity contribution in [3.05, 3.63) is 33.3 Å². The lowest BCUT2D eigenvalue weighted by molar-refractivity contribution is -0.120. The number of unbranched alkanes of at least 4 members (excludes halogenated alkanes) is 2. The number of thiophene rings is 1. The van der Waals surface area contributed by atoms with Crippen molar-refractivity contribution in [2.45, 2.75) is 52.0 Å². The molecule has 2 N–H and O–H groups in total. The molecule has 0 saturated heterocycles. The van der Waals surface area contributed by atoms with E-state index in [1.807, 2.05) is 17.2 Å². The summed E-state index contributed by atoms with van der Waals surface area (Å²) in [5.74, 6) is 0.485. The molecule has 1 atom stereocenters. The molecule has 1 aliphatic heterocycles. The summed E-state index contributed by atoms with van der Waals surface area (Å²) in [6.07, 6.45) is 8.08. The zero-order valence-corrected chi connectivity index (χ0v) is 16.4. The summed E-state index contributed by atoms with van der Waals surface area (Å²) in [6, 6.07) is 4.07. The fourth-order valence-corrected chi connectivity index (χ4v) is 4.04. The first kappa shape index (κ1) is 19.6. The van der Waals surface area contributed by atoms with Gasteiger partial charge in [-0.25, -0.2) is 0 Å². The normalized spacial score (nSPS) is 18.2. The van der Waals surface area contributed by atoms with Crippen LogP contribution < -0.4 is 5.73 Å². The molecule has 0 fully saturated rings. The zero-order chi connectivity index (χ0) is 17.4. The van der Waals surface area contributed by atoms with Crippen LogP contribution in [0.1, 0.15) is 56.9 Å². The summed E-state index contributed by atoms with van der Waals surface area (Å²) in [6.45, 7) is 8.87. The summed E-state index contributed by atoms with van der Waals surface area (Å²) < 4.78 is 0.800. The van der Waals surface area contributed by atoms with E-state index >= 15 is 0 Å². The van der Waals surface area contributed by atoms with Gasteiger partial charge >= 0.3 is 0 Å². The van der Waals surface area contributed by atoms with Crippen molar-refractivity contribution in [3.63, 3.8) is 0 Å². The van der Waals surface area contributed by atoms with E-state index in [1.165, 1.54) is 43.6 Å². The van der Waals surface area contributed by atoms with Crippen molar-refractivity contribution >= 4 is 22.9 Å². The molecule has 24 heavy (non-hydrogen) atoms. The predicted octanol–water partition coefficient (Wildman–Crippen LogP) is 4.78. The van der Waals surface area contributed by atoms with Gasteiger partial charge in [-0.2, -0.15) is 0 Å². The largest absolute Gasteiger partial charge is 0.388 e. The van der Waals surface area contributed by atoms with Crippen LogP contribution in [0.25, 0.3) is 0 Å². The number of hydroxylamine groups is 2. The van der Waals surface area contributed by atoms with E-state index in [1.54, 1.807) is 11.3 Å². The number of hydrogen-bond acceptors (Lipinski definition) is 5. The van der Waals surface area contributed by atoms with Crippen molar-refractivity contribution in [1.82, 2.24) is 9.96 Å². The molecular weight excluding hydrogens is 342 g/mol. The second kappa shape index (κ2) is 10.3.